The van der Waals surface area contributed by atoms with Crippen molar-refractivity contribution in [3.8, 4) is 0 Å². The largest absolute Gasteiger partial charge is 0.481 e. The Labute approximate surface area is 342 Å². The summed E-state index contributed by atoms with van der Waals surface area (Å²) < 4.78 is 65.5. The van der Waals surface area contributed by atoms with Gasteiger partial charge in [-0.1, -0.05) is 6.07 Å². The molecule has 1 aliphatic rings. The third-order valence-corrected chi connectivity index (χ3v) is 8.27. The van der Waals surface area contributed by atoms with Crippen LogP contribution in [0.2, 0.25) is 0 Å². The Bertz CT molecular complexity index is 1140. The number of rotatable bonds is 42. The minimum absolute atomic E-state index is 0.0610. The highest BCUT2D eigenvalue weighted by molar-refractivity contribution is 5.90. The van der Waals surface area contributed by atoms with Gasteiger partial charge in [0.2, 0.25) is 11.8 Å². The molecule has 58 heavy (non-hydrogen) atoms. The molecule has 0 aromatic carbocycles. The Hall–Kier alpha value is -2.92. The molecule has 0 unspecified atom stereocenters. The SMILES string of the molecule is CN1C(=O)C[C@H](C(=O)NCCOCCOCCOCCOCCOCCOCCOCCOCCOCCOCCOCCOCCCC(=O)O)[C@H]1c1cccnc1. The van der Waals surface area contributed by atoms with E-state index in [-0.39, 0.29) is 30.7 Å². The van der Waals surface area contributed by atoms with Crippen LogP contribution in [0.5, 0.6) is 0 Å². The Balaban J connectivity index is 1.19. The average molecular weight is 834 g/mol. The number of carboxylic acids is 1. The maximum atomic E-state index is 12.8. The maximum Gasteiger partial charge on any atom is 0.303 e. The molecule has 0 radical (unpaired) electrons. The van der Waals surface area contributed by atoms with Gasteiger partial charge in [0.15, 0.2) is 0 Å². The standard InChI is InChI=1S/C39H67N3O16/c1-42-36(43)32-35(38(42)34-4-2-6-40-33-34)39(46)41-7-9-48-11-13-50-15-17-52-19-21-54-23-25-56-27-29-58-31-30-57-28-26-55-24-22-53-20-18-51-16-14-49-12-10-47-8-3-5-37(44)45/h2,4,6,33,35,38H,3,5,7-32H2,1H3,(H,41,46)(H,44,45)/t35-,38+/m0/s1. The third kappa shape index (κ3) is 27.7. The van der Waals surface area contributed by atoms with Crippen LogP contribution in [0.15, 0.2) is 24.5 Å². The molecule has 2 atom stereocenters. The van der Waals surface area contributed by atoms with Crippen molar-refractivity contribution in [1.82, 2.24) is 15.2 Å². The normalized spacial score (nSPS) is 15.4. The lowest BCUT2D eigenvalue weighted by Gasteiger charge is -2.24. The molecule has 1 saturated heterocycles. The number of nitrogens with one attached hydrogen (secondary N) is 1. The van der Waals surface area contributed by atoms with E-state index in [0.29, 0.717) is 172 Å². The van der Waals surface area contributed by atoms with E-state index in [1.165, 1.54) is 0 Å². The van der Waals surface area contributed by atoms with Crippen molar-refractivity contribution in [2.45, 2.75) is 25.3 Å². The average Bonchev–Trinajstić information content (AvgIpc) is 3.53. The molecule has 0 aliphatic carbocycles. The highest BCUT2D eigenvalue weighted by atomic mass is 16.6. The number of ether oxygens (including phenoxy) is 12. The zero-order chi connectivity index (χ0) is 41.6. The van der Waals surface area contributed by atoms with Gasteiger partial charge in [-0.15, -0.1) is 0 Å². The Kier molecular flexibility index (Phi) is 32.8. The maximum absolute atomic E-state index is 12.8. The Morgan fingerprint density at radius 1 is 0.621 bits per heavy atom. The number of amides is 2. The Morgan fingerprint density at radius 2 is 0.983 bits per heavy atom. The van der Waals surface area contributed by atoms with Gasteiger partial charge in [-0.05, 0) is 18.1 Å². The number of pyridine rings is 1. The lowest BCUT2D eigenvalue weighted by molar-refractivity contribution is -0.137. The van der Waals surface area contributed by atoms with Gasteiger partial charge in [0.05, 0.1) is 164 Å². The van der Waals surface area contributed by atoms with E-state index in [0.717, 1.165) is 5.56 Å². The molecule has 1 aliphatic heterocycles. The van der Waals surface area contributed by atoms with Gasteiger partial charge in [-0.2, -0.15) is 0 Å². The van der Waals surface area contributed by atoms with Crippen LogP contribution in [0.4, 0.5) is 0 Å². The summed E-state index contributed by atoms with van der Waals surface area (Å²) in [5.74, 6) is -1.52. The molecular weight excluding hydrogens is 766 g/mol. The smallest absolute Gasteiger partial charge is 0.303 e. The molecule has 2 rings (SSSR count). The zero-order valence-electron chi connectivity index (χ0n) is 34.2. The summed E-state index contributed by atoms with van der Waals surface area (Å²) in [6.07, 6.45) is 4.14. The summed E-state index contributed by atoms with van der Waals surface area (Å²) in [5.41, 5.74) is 0.844. The number of hydrogen-bond acceptors (Lipinski definition) is 16. The number of carbonyl (C=O) groups excluding carboxylic acids is 2. The predicted molar refractivity (Wildman–Crippen MR) is 208 cm³/mol. The van der Waals surface area contributed by atoms with Crippen LogP contribution in [0.1, 0.15) is 30.9 Å². The fraction of sp³-hybridized carbons (Fsp3) is 0.795. The first-order valence-corrected chi connectivity index (χ1v) is 20.1. The van der Waals surface area contributed by atoms with Crippen LogP contribution < -0.4 is 5.32 Å². The number of likely N-dealkylation sites (tertiary alicyclic amines) is 1. The molecule has 1 fully saturated rings. The summed E-state index contributed by atoms with van der Waals surface area (Å²) >= 11 is 0. The van der Waals surface area contributed by atoms with Crippen LogP contribution in [-0.4, -0.2) is 205 Å². The van der Waals surface area contributed by atoms with Crippen molar-refractivity contribution in [1.29, 1.82) is 0 Å². The summed E-state index contributed by atoms with van der Waals surface area (Å²) in [6.45, 7) is 11.2. The molecule has 19 nitrogen and oxygen atoms in total. The molecule has 0 bridgehead atoms. The van der Waals surface area contributed by atoms with E-state index < -0.39 is 11.9 Å². The lowest BCUT2D eigenvalue weighted by atomic mass is 9.94. The third-order valence-electron chi connectivity index (χ3n) is 8.27. The number of aromatic nitrogens is 1. The molecule has 334 valence electrons. The van der Waals surface area contributed by atoms with E-state index in [2.05, 4.69) is 10.3 Å². The number of carboxylic acid groups (broad SMARTS) is 1. The highest BCUT2D eigenvalue weighted by Crippen LogP contribution is 2.36. The van der Waals surface area contributed by atoms with E-state index in [9.17, 15) is 14.4 Å². The summed E-state index contributed by atoms with van der Waals surface area (Å²) in [7, 11) is 1.71. The minimum Gasteiger partial charge on any atom is -0.481 e. The predicted octanol–water partition coefficient (Wildman–Crippen LogP) is 0.781. The van der Waals surface area contributed by atoms with Gasteiger partial charge in [-0.3, -0.25) is 19.4 Å². The van der Waals surface area contributed by atoms with Gasteiger partial charge >= 0.3 is 5.97 Å². The summed E-state index contributed by atoms with van der Waals surface area (Å²) in [5, 5.41) is 11.4. The first-order chi connectivity index (χ1) is 28.5. The van der Waals surface area contributed by atoms with Crippen molar-refractivity contribution >= 4 is 17.8 Å². The molecule has 1 aromatic rings. The first kappa shape index (κ1) is 51.2. The number of nitrogens with zero attached hydrogens (tertiary/aromatic N) is 2. The lowest BCUT2D eigenvalue weighted by Crippen LogP contribution is -2.36. The fourth-order valence-electron chi connectivity index (χ4n) is 5.34. The number of aliphatic carboxylic acids is 1. The molecule has 19 heteroatoms. The first-order valence-electron chi connectivity index (χ1n) is 20.1. The zero-order valence-corrected chi connectivity index (χ0v) is 34.2. The van der Waals surface area contributed by atoms with Gasteiger partial charge < -0.3 is 72.2 Å². The number of hydrogen-bond donors (Lipinski definition) is 2. The van der Waals surface area contributed by atoms with Gasteiger partial charge in [-0.25, -0.2) is 0 Å². The number of carbonyl (C=O) groups is 3. The molecule has 1 aromatic heterocycles. The second-order valence-corrected chi connectivity index (χ2v) is 12.7. The molecule has 0 spiro atoms. The van der Waals surface area contributed by atoms with Crippen molar-refractivity contribution in [3.05, 3.63) is 30.1 Å². The van der Waals surface area contributed by atoms with Crippen LogP contribution >= 0.6 is 0 Å². The van der Waals surface area contributed by atoms with Crippen molar-refractivity contribution in [2.75, 3.05) is 172 Å². The second kappa shape index (κ2) is 37.1. The molecule has 0 saturated carbocycles. The van der Waals surface area contributed by atoms with E-state index >= 15 is 0 Å². The monoisotopic (exact) mass is 833 g/mol. The minimum atomic E-state index is -0.818. The van der Waals surface area contributed by atoms with Gasteiger partial charge in [0, 0.05) is 45.4 Å². The topological polar surface area (TPSA) is 210 Å². The van der Waals surface area contributed by atoms with E-state index in [1.807, 2.05) is 6.07 Å². The molecule has 2 heterocycles. The summed E-state index contributed by atoms with van der Waals surface area (Å²) in [6, 6.07) is 3.36. The molecule has 2 amide bonds. The van der Waals surface area contributed by atoms with Crippen molar-refractivity contribution in [3.63, 3.8) is 0 Å². The highest BCUT2D eigenvalue weighted by Gasteiger charge is 2.42. The van der Waals surface area contributed by atoms with E-state index in [1.54, 1.807) is 30.4 Å². The van der Waals surface area contributed by atoms with Crippen LogP contribution in [-0.2, 0) is 71.2 Å². The van der Waals surface area contributed by atoms with Crippen molar-refractivity contribution < 1.29 is 76.3 Å². The van der Waals surface area contributed by atoms with Gasteiger partial charge in [0.1, 0.15) is 0 Å². The molecular formula is C39H67N3O16. The second-order valence-electron chi connectivity index (χ2n) is 12.7. The molecule has 2 N–H and O–H groups in total. The van der Waals surface area contributed by atoms with Crippen LogP contribution in [0.25, 0.3) is 0 Å². The van der Waals surface area contributed by atoms with Crippen LogP contribution in [0, 0.1) is 5.92 Å². The summed E-state index contributed by atoms with van der Waals surface area (Å²) in [4.78, 5) is 41.2. The quantitative estimate of drug-likeness (QED) is 0.0872. The van der Waals surface area contributed by atoms with Crippen molar-refractivity contribution in [2.24, 2.45) is 5.92 Å². The van der Waals surface area contributed by atoms with Crippen LogP contribution in [0.3, 0.4) is 0 Å². The van der Waals surface area contributed by atoms with Gasteiger partial charge in [0.25, 0.3) is 0 Å². The van der Waals surface area contributed by atoms with E-state index in [4.69, 9.17) is 61.9 Å². The fourth-order valence-corrected chi connectivity index (χ4v) is 5.34. The Morgan fingerprint density at radius 3 is 1.33 bits per heavy atom.